The van der Waals surface area contributed by atoms with E-state index in [1.807, 2.05) is 18.2 Å². The lowest BCUT2D eigenvalue weighted by Gasteiger charge is -2.38. The number of esters is 2. The number of aliphatic hydroxyl groups excluding tert-OH is 2. The van der Waals surface area contributed by atoms with Gasteiger partial charge in [-0.15, -0.1) is 0 Å². The quantitative estimate of drug-likeness (QED) is 0.0446. The molecule has 2 aliphatic carbocycles. The molecule has 0 saturated heterocycles. The molecule has 0 heterocycles. The highest BCUT2D eigenvalue weighted by Crippen LogP contribution is 2.45. The van der Waals surface area contributed by atoms with Gasteiger partial charge in [-0.25, -0.2) is 18.4 Å². The van der Waals surface area contributed by atoms with Gasteiger partial charge in [0.2, 0.25) is 0 Å². The maximum Gasteiger partial charge on any atom is 0.333 e. The van der Waals surface area contributed by atoms with E-state index in [9.17, 15) is 19.8 Å². The Morgan fingerprint density at radius 3 is 1.70 bits per heavy atom. The van der Waals surface area contributed by atoms with Crippen LogP contribution in [0.4, 0.5) is 8.78 Å². The van der Waals surface area contributed by atoms with Crippen molar-refractivity contribution in [1.29, 1.82) is 0 Å². The van der Waals surface area contributed by atoms with Crippen molar-refractivity contribution in [2.75, 3.05) is 33.0 Å². The van der Waals surface area contributed by atoms with E-state index < -0.39 is 23.2 Å². The highest BCUT2D eigenvalue weighted by atomic mass is 19.1. The van der Waals surface area contributed by atoms with Gasteiger partial charge < -0.3 is 24.4 Å². The van der Waals surface area contributed by atoms with Crippen molar-refractivity contribution in [3.63, 3.8) is 0 Å². The molecule has 0 amide bonds. The van der Waals surface area contributed by atoms with E-state index in [0.717, 1.165) is 60.1 Å². The van der Waals surface area contributed by atoms with E-state index in [0.29, 0.717) is 83.6 Å². The van der Waals surface area contributed by atoms with Gasteiger partial charge in [-0.2, -0.15) is 0 Å². The van der Waals surface area contributed by atoms with Gasteiger partial charge in [0.1, 0.15) is 17.4 Å². The van der Waals surface area contributed by atoms with Crippen LogP contribution in [0.3, 0.4) is 0 Å². The summed E-state index contributed by atoms with van der Waals surface area (Å²) in [5.41, 5.74) is 4.17. The zero-order chi connectivity index (χ0) is 48.3. The summed E-state index contributed by atoms with van der Waals surface area (Å²) < 4.78 is 49.9. The summed E-state index contributed by atoms with van der Waals surface area (Å²) in [4.78, 5) is 24.4. The number of aliphatic hydroxyl groups is 2. The van der Waals surface area contributed by atoms with Crippen LogP contribution in [0.15, 0.2) is 72.8 Å². The van der Waals surface area contributed by atoms with E-state index in [1.54, 1.807) is 38.1 Å². The second-order valence-electron chi connectivity index (χ2n) is 20.0. The fourth-order valence-corrected chi connectivity index (χ4v) is 10.5. The molecule has 3 aromatic carbocycles. The van der Waals surface area contributed by atoms with Gasteiger partial charge in [-0.05, 0) is 167 Å². The van der Waals surface area contributed by atoms with Gasteiger partial charge in [-0.3, -0.25) is 0 Å². The average molecular weight is 927 g/mol. The van der Waals surface area contributed by atoms with E-state index in [-0.39, 0.29) is 38.9 Å². The second kappa shape index (κ2) is 27.0. The SMILES string of the molecule is C=C(C)C(=O)OCCCc1cc(-c2ccc(-c3ccc(C4CCC(C5CCC(CCCCC)CC5)CC4)cc3F)cc2F)cc(CCCOC(=O)C(=C)C)c1OCCC(CO)(CO)CCCC. The van der Waals surface area contributed by atoms with Gasteiger partial charge in [-0.1, -0.05) is 103 Å². The Kier molecular flexibility index (Phi) is 21.6. The van der Waals surface area contributed by atoms with E-state index in [4.69, 9.17) is 14.2 Å². The Bertz CT molecular complexity index is 2020. The number of unbranched alkanes of at least 4 members (excludes halogenated alkanes) is 3. The third-order valence-electron chi connectivity index (χ3n) is 14.8. The van der Waals surface area contributed by atoms with Crippen molar-refractivity contribution in [1.82, 2.24) is 0 Å². The molecule has 5 rings (SSSR count). The van der Waals surface area contributed by atoms with Crippen molar-refractivity contribution in [3.05, 3.63) is 101 Å². The molecule has 0 aliphatic heterocycles. The van der Waals surface area contributed by atoms with Crippen LogP contribution in [0.5, 0.6) is 5.75 Å². The zero-order valence-corrected chi connectivity index (χ0v) is 41.2. The normalized spacial score (nSPS) is 18.6. The maximum absolute atomic E-state index is 16.5. The monoisotopic (exact) mass is 927 g/mol. The molecule has 67 heavy (non-hydrogen) atoms. The molecule has 0 atom stereocenters. The molecule has 0 aromatic heterocycles. The summed E-state index contributed by atoms with van der Waals surface area (Å²) in [6, 6.07) is 14.1. The molecule has 368 valence electrons. The molecule has 3 aromatic rings. The molecule has 2 aliphatic rings. The number of aryl methyl sites for hydroxylation is 2. The molecular weight excluding hydrogens is 847 g/mol. The average Bonchev–Trinajstić information content (AvgIpc) is 3.33. The van der Waals surface area contributed by atoms with Crippen LogP contribution in [0.2, 0.25) is 0 Å². The number of halogens is 2. The van der Waals surface area contributed by atoms with Gasteiger partial charge in [0.25, 0.3) is 0 Å². The lowest BCUT2D eigenvalue weighted by Crippen LogP contribution is -2.32. The number of carbonyl (C=O) groups excluding carboxylic acids is 2. The molecule has 9 heteroatoms. The predicted molar refractivity (Wildman–Crippen MR) is 266 cm³/mol. The third-order valence-corrected chi connectivity index (χ3v) is 14.8. The van der Waals surface area contributed by atoms with Crippen LogP contribution in [0.25, 0.3) is 22.3 Å². The number of carbonyl (C=O) groups is 2. The molecular formula is C58H80F2O7. The lowest BCUT2D eigenvalue weighted by molar-refractivity contribution is -0.139. The van der Waals surface area contributed by atoms with E-state index >= 15 is 8.78 Å². The minimum Gasteiger partial charge on any atom is -0.493 e. The second-order valence-corrected chi connectivity index (χ2v) is 20.0. The smallest absolute Gasteiger partial charge is 0.333 e. The highest BCUT2D eigenvalue weighted by molar-refractivity contribution is 5.87. The Morgan fingerprint density at radius 2 is 1.18 bits per heavy atom. The van der Waals surface area contributed by atoms with Crippen LogP contribution in [0, 0.1) is 34.8 Å². The van der Waals surface area contributed by atoms with Crippen LogP contribution >= 0.6 is 0 Å². The summed E-state index contributed by atoms with van der Waals surface area (Å²) >= 11 is 0. The Hall–Kier alpha value is -4.34. The van der Waals surface area contributed by atoms with Crippen molar-refractivity contribution >= 4 is 11.9 Å². The molecule has 2 fully saturated rings. The minimum atomic E-state index is -0.708. The lowest BCUT2D eigenvalue weighted by atomic mass is 9.68. The summed E-state index contributed by atoms with van der Waals surface area (Å²) in [5.74, 6) is 1.64. The summed E-state index contributed by atoms with van der Waals surface area (Å²) in [5, 5.41) is 20.7. The van der Waals surface area contributed by atoms with Gasteiger partial charge in [0.05, 0.1) is 33.0 Å². The van der Waals surface area contributed by atoms with E-state index in [2.05, 4.69) is 27.0 Å². The zero-order valence-electron chi connectivity index (χ0n) is 41.2. The first-order chi connectivity index (χ1) is 32.3. The topological polar surface area (TPSA) is 102 Å². The molecule has 0 bridgehead atoms. The summed E-state index contributed by atoms with van der Waals surface area (Å²) in [6.07, 6.45) is 20.1. The first-order valence-electron chi connectivity index (χ1n) is 25.6. The first kappa shape index (κ1) is 53.6. The fraction of sp³-hybridized carbons (Fsp3) is 0.586. The maximum atomic E-state index is 16.5. The number of hydrogen-bond acceptors (Lipinski definition) is 7. The molecule has 0 unspecified atom stereocenters. The van der Waals surface area contributed by atoms with Gasteiger partial charge >= 0.3 is 11.9 Å². The van der Waals surface area contributed by atoms with Crippen LogP contribution < -0.4 is 4.74 Å². The number of ether oxygens (including phenoxy) is 3. The first-order valence-corrected chi connectivity index (χ1v) is 25.6. The number of rotatable bonds is 27. The summed E-state index contributed by atoms with van der Waals surface area (Å²) in [6.45, 7) is 15.0. The Labute approximate surface area is 400 Å². The van der Waals surface area contributed by atoms with Crippen molar-refractivity contribution < 1.29 is 42.8 Å². The van der Waals surface area contributed by atoms with Crippen molar-refractivity contribution in [3.8, 4) is 28.0 Å². The Morgan fingerprint density at radius 1 is 0.642 bits per heavy atom. The predicted octanol–water partition coefficient (Wildman–Crippen LogP) is 14.0. The molecule has 2 N–H and O–H groups in total. The standard InChI is InChI=1S/C58H80F2O7/c1-7-9-11-14-42-17-19-43(20-18-42)44-21-23-45(24-22-44)46-25-27-51(53(59)36-46)47-26-28-52(54(60)37-47)50-34-48(15-12-31-66-56(63)40(3)4)55(49(35-50)16-13-32-67-57(64)41(5)6)65-33-30-58(38-61,39-62)29-10-8-2/h25-28,34-37,42-45,61-62H,3,5,7-24,29-33,38-39H2,1-2,4,6H3. The minimum absolute atomic E-state index is 0.130. The highest BCUT2D eigenvalue weighted by Gasteiger charge is 2.32. The van der Waals surface area contributed by atoms with Gasteiger partial charge in [0.15, 0.2) is 0 Å². The Balaban J connectivity index is 1.36. The molecule has 0 spiro atoms. The number of hydrogen-bond donors (Lipinski definition) is 2. The molecule has 7 nitrogen and oxygen atoms in total. The van der Waals surface area contributed by atoms with E-state index in [1.165, 1.54) is 70.3 Å². The van der Waals surface area contributed by atoms with Crippen molar-refractivity contribution in [2.24, 2.45) is 23.2 Å². The number of benzene rings is 3. The van der Waals surface area contributed by atoms with Crippen LogP contribution in [-0.4, -0.2) is 55.2 Å². The van der Waals surface area contributed by atoms with Crippen LogP contribution in [0.1, 0.15) is 166 Å². The third kappa shape index (κ3) is 15.6. The molecule has 0 radical (unpaired) electrons. The molecule has 2 saturated carbocycles. The fourth-order valence-electron chi connectivity index (χ4n) is 10.5. The van der Waals surface area contributed by atoms with Crippen molar-refractivity contribution in [2.45, 2.75) is 162 Å². The summed E-state index contributed by atoms with van der Waals surface area (Å²) in [7, 11) is 0. The van der Waals surface area contributed by atoms with Gasteiger partial charge in [0, 0.05) is 27.7 Å². The van der Waals surface area contributed by atoms with Crippen LogP contribution in [-0.2, 0) is 31.9 Å². The largest absolute Gasteiger partial charge is 0.493 e.